The molecule has 1 aliphatic heterocycles. The molecule has 1 N–H and O–H groups in total. The summed E-state index contributed by atoms with van der Waals surface area (Å²) in [5, 5.41) is 4.04. The fraction of sp³-hybridized carbons (Fsp3) is 0.562. The van der Waals surface area contributed by atoms with Crippen LogP contribution >= 0.6 is 23.4 Å². The number of hydrogen-bond donors (Lipinski definition) is 1. The molecule has 5 heteroatoms. The average molecular weight is 325 g/mol. The number of amides is 2. The van der Waals surface area contributed by atoms with Gasteiger partial charge in [0.1, 0.15) is 5.37 Å². The minimum absolute atomic E-state index is 0.0804. The zero-order chi connectivity index (χ0) is 14.7. The first-order chi connectivity index (χ1) is 10.2. The number of carbonyl (C=O) groups is 1. The maximum atomic E-state index is 12.6. The van der Waals surface area contributed by atoms with Gasteiger partial charge in [-0.05, 0) is 30.5 Å². The van der Waals surface area contributed by atoms with Gasteiger partial charge in [-0.3, -0.25) is 0 Å². The average Bonchev–Trinajstić information content (AvgIpc) is 2.98. The van der Waals surface area contributed by atoms with Gasteiger partial charge in [0, 0.05) is 23.4 Å². The van der Waals surface area contributed by atoms with Crippen LogP contribution in [0.4, 0.5) is 4.79 Å². The molecule has 3 nitrogen and oxygen atoms in total. The van der Waals surface area contributed by atoms with E-state index in [4.69, 9.17) is 11.6 Å². The molecule has 1 aliphatic carbocycles. The first-order valence-corrected chi connectivity index (χ1v) is 9.11. The summed E-state index contributed by atoms with van der Waals surface area (Å²) in [6.07, 6.45) is 6.01. The highest BCUT2D eigenvalue weighted by atomic mass is 35.5. The van der Waals surface area contributed by atoms with Gasteiger partial charge in [-0.1, -0.05) is 43.0 Å². The van der Waals surface area contributed by atoms with Gasteiger partial charge in [0.05, 0.1) is 0 Å². The van der Waals surface area contributed by atoms with E-state index < -0.39 is 0 Å². The van der Waals surface area contributed by atoms with Crippen LogP contribution < -0.4 is 5.32 Å². The second kappa shape index (κ2) is 6.93. The van der Waals surface area contributed by atoms with Crippen molar-refractivity contribution in [1.82, 2.24) is 10.2 Å². The second-order valence-corrected chi connectivity index (χ2v) is 7.38. The van der Waals surface area contributed by atoms with Crippen LogP contribution in [0, 0.1) is 0 Å². The highest BCUT2D eigenvalue weighted by Crippen LogP contribution is 2.38. The van der Waals surface area contributed by atoms with E-state index in [0.29, 0.717) is 6.04 Å². The van der Waals surface area contributed by atoms with E-state index in [1.807, 2.05) is 34.9 Å². The molecule has 1 saturated carbocycles. The Kier molecular flexibility index (Phi) is 4.96. The van der Waals surface area contributed by atoms with Gasteiger partial charge in [-0.15, -0.1) is 11.8 Å². The van der Waals surface area contributed by atoms with Gasteiger partial charge in [0.15, 0.2) is 0 Å². The molecule has 1 aromatic carbocycles. The van der Waals surface area contributed by atoms with Crippen LogP contribution in [0.5, 0.6) is 0 Å². The zero-order valence-electron chi connectivity index (χ0n) is 12.1. The molecular formula is C16H21ClN2OS. The van der Waals surface area contributed by atoms with E-state index in [1.54, 1.807) is 0 Å². The summed E-state index contributed by atoms with van der Waals surface area (Å²) in [4.78, 5) is 14.5. The van der Waals surface area contributed by atoms with E-state index in [9.17, 15) is 4.79 Å². The molecule has 1 unspecified atom stereocenters. The molecule has 114 valence electrons. The summed E-state index contributed by atoms with van der Waals surface area (Å²) in [5.74, 6) is 0.981. The Labute approximate surface area is 135 Å². The molecule has 0 radical (unpaired) electrons. The van der Waals surface area contributed by atoms with Gasteiger partial charge in [0.2, 0.25) is 0 Å². The molecule has 21 heavy (non-hydrogen) atoms. The largest absolute Gasteiger partial charge is 0.335 e. The quantitative estimate of drug-likeness (QED) is 0.872. The second-order valence-electron chi connectivity index (χ2n) is 5.76. The summed E-state index contributed by atoms with van der Waals surface area (Å²) in [6.45, 7) is 0.806. The van der Waals surface area contributed by atoms with Crippen LogP contribution in [0.3, 0.4) is 0 Å². The Morgan fingerprint density at radius 3 is 2.86 bits per heavy atom. The molecule has 2 aliphatic rings. The van der Waals surface area contributed by atoms with Crippen molar-refractivity contribution in [2.75, 3.05) is 12.3 Å². The SMILES string of the molecule is O=C(NC1CCCCC1)N1CCSC1c1cccc(Cl)c1. The number of carbonyl (C=O) groups excluding carboxylic acids is 1. The van der Waals surface area contributed by atoms with Crippen molar-refractivity contribution in [3.05, 3.63) is 34.9 Å². The highest BCUT2D eigenvalue weighted by molar-refractivity contribution is 7.99. The van der Waals surface area contributed by atoms with Gasteiger partial charge in [0.25, 0.3) is 0 Å². The van der Waals surface area contributed by atoms with Gasteiger partial charge in [-0.25, -0.2) is 4.79 Å². The van der Waals surface area contributed by atoms with E-state index in [0.717, 1.165) is 35.7 Å². The Morgan fingerprint density at radius 1 is 1.29 bits per heavy atom. The lowest BCUT2D eigenvalue weighted by Crippen LogP contribution is -2.45. The van der Waals surface area contributed by atoms with Crippen LogP contribution in [-0.4, -0.2) is 29.3 Å². The number of benzene rings is 1. The molecule has 2 amide bonds. The van der Waals surface area contributed by atoms with Crippen molar-refractivity contribution in [2.24, 2.45) is 0 Å². The number of nitrogens with one attached hydrogen (secondary N) is 1. The number of hydrogen-bond acceptors (Lipinski definition) is 2. The monoisotopic (exact) mass is 324 g/mol. The number of rotatable bonds is 2. The first kappa shape index (κ1) is 15.0. The Balaban J connectivity index is 1.67. The molecule has 2 fully saturated rings. The topological polar surface area (TPSA) is 32.3 Å². The minimum Gasteiger partial charge on any atom is -0.335 e. The molecule has 0 aromatic heterocycles. The Bertz CT molecular complexity index is 505. The van der Waals surface area contributed by atoms with E-state index >= 15 is 0 Å². The molecule has 1 aromatic rings. The lowest BCUT2D eigenvalue weighted by molar-refractivity contribution is 0.192. The number of nitrogens with zero attached hydrogens (tertiary/aromatic N) is 1. The van der Waals surface area contributed by atoms with Crippen LogP contribution in [-0.2, 0) is 0 Å². The number of halogens is 1. The third-order valence-electron chi connectivity index (χ3n) is 4.22. The molecule has 3 rings (SSSR count). The van der Waals surface area contributed by atoms with Crippen LogP contribution in [0.1, 0.15) is 43.0 Å². The maximum absolute atomic E-state index is 12.6. The Hall–Kier alpha value is -0.870. The lowest BCUT2D eigenvalue weighted by Gasteiger charge is -2.29. The highest BCUT2D eigenvalue weighted by Gasteiger charge is 2.31. The van der Waals surface area contributed by atoms with Crippen molar-refractivity contribution in [3.8, 4) is 0 Å². The smallest absolute Gasteiger partial charge is 0.318 e. The Morgan fingerprint density at radius 2 is 2.10 bits per heavy atom. The van der Waals surface area contributed by atoms with Crippen LogP contribution in [0.2, 0.25) is 5.02 Å². The summed E-state index contributed by atoms with van der Waals surface area (Å²) in [5.41, 5.74) is 1.11. The molecule has 0 spiro atoms. The fourth-order valence-corrected chi connectivity index (χ4v) is 4.56. The van der Waals surface area contributed by atoms with Gasteiger partial charge >= 0.3 is 6.03 Å². The van der Waals surface area contributed by atoms with Gasteiger partial charge in [-0.2, -0.15) is 0 Å². The summed E-state index contributed by atoms with van der Waals surface area (Å²) in [7, 11) is 0. The number of urea groups is 1. The van der Waals surface area contributed by atoms with Gasteiger partial charge < -0.3 is 10.2 Å². The van der Waals surface area contributed by atoms with Crippen molar-refractivity contribution in [1.29, 1.82) is 0 Å². The van der Waals surface area contributed by atoms with Crippen molar-refractivity contribution in [3.63, 3.8) is 0 Å². The third kappa shape index (κ3) is 3.67. The number of thioether (sulfide) groups is 1. The molecule has 1 saturated heterocycles. The summed E-state index contributed by atoms with van der Waals surface area (Å²) in [6, 6.07) is 8.28. The third-order valence-corrected chi connectivity index (χ3v) is 5.71. The zero-order valence-corrected chi connectivity index (χ0v) is 13.6. The maximum Gasteiger partial charge on any atom is 0.318 e. The molecule has 1 heterocycles. The fourth-order valence-electron chi connectivity index (χ4n) is 3.12. The van der Waals surface area contributed by atoms with Crippen LogP contribution in [0.15, 0.2) is 24.3 Å². The molecule has 0 bridgehead atoms. The normalized spacial score (nSPS) is 23.3. The summed E-state index contributed by atoms with van der Waals surface area (Å²) < 4.78 is 0. The van der Waals surface area contributed by atoms with Crippen molar-refractivity contribution in [2.45, 2.75) is 43.5 Å². The first-order valence-electron chi connectivity index (χ1n) is 7.68. The standard InChI is InChI=1S/C16H21ClN2OS/c17-13-6-4-5-12(11-13)15-19(9-10-21-15)16(20)18-14-7-2-1-3-8-14/h4-6,11,14-15H,1-3,7-10H2,(H,18,20). The predicted molar refractivity (Wildman–Crippen MR) is 88.8 cm³/mol. The predicted octanol–water partition coefficient (Wildman–Crippen LogP) is 4.43. The molecule has 1 atom stereocenters. The lowest BCUT2D eigenvalue weighted by atomic mass is 9.96. The van der Waals surface area contributed by atoms with Crippen molar-refractivity contribution < 1.29 is 4.79 Å². The van der Waals surface area contributed by atoms with Crippen molar-refractivity contribution >= 4 is 29.4 Å². The van der Waals surface area contributed by atoms with E-state index in [1.165, 1.54) is 19.3 Å². The minimum atomic E-state index is 0.0804. The molecular weight excluding hydrogens is 304 g/mol. The van der Waals surface area contributed by atoms with Crippen LogP contribution in [0.25, 0.3) is 0 Å². The van der Waals surface area contributed by atoms with E-state index in [2.05, 4.69) is 11.4 Å². The summed E-state index contributed by atoms with van der Waals surface area (Å²) >= 11 is 7.89. The van der Waals surface area contributed by atoms with E-state index in [-0.39, 0.29) is 11.4 Å².